The monoisotopic (exact) mass is 239 g/mol. The van der Waals surface area contributed by atoms with Gasteiger partial charge < -0.3 is 10.4 Å². The van der Waals surface area contributed by atoms with Crippen LogP contribution in [0.15, 0.2) is 12.1 Å². The summed E-state index contributed by atoms with van der Waals surface area (Å²) in [7, 11) is 1.84. The summed E-state index contributed by atoms with van der Waals surface area (Å²) in [6.07, 6.45) is 4.17. The summed E-state index contributed by atoms with van der Waals surface area (Å²) < 4.78 is 0. The number of aliphatic hydroxyl groups excluding tert-OH is 1. The highest BCUT2D eigenvalue weighted by Crippen LogP contribution is 2.31. The predicted octanol–water partition coefficient (Wildman–Crippen LogP) is 2.47. The predicted molar refractivity (Wildman–Crippen MR) is 67.0 cm³/mol. The Bertz CT molecular complexity index is 378. The molecule has 1 unspecified atom stereocenters. The van der Waals surface area contributed by atoms with Crippen LogP contribution in [0.1, 0.15) is 35.6 Å². The maximum atomic E-state index is 9.93. The number of aryl methyl sites for hydroxylation is 1. The number of rotatable bonds is 3. The van der Waals surface area contributed by atoms with Crippen LogP contribution in [-0.4, -0.2) is 18.7 Å². The zero-order valence-corrected chi connectivity index (χ0v) is 10.3. The summed E-state index contributed by atoms with van der Waals surface area (Å²) in [5.74, 6) is 0. The zero-order valence-electron chi connectivity index (χ0n) is 9.59. The smallest absolute Gasteiger partial charge is 0.0914 e. The first-order valence-electron chi connectivity index (χ1n) is 5.86. The van der Waals surface area contributed by atoms with Gasteiger partial charge in [0.1, 0.15) is 0 Å². The molecule has 0 spiro atoms. The molecule has 0 saturated heterocycles. The number of halogens is 1. The lowest BCUT2D eigenvalue weighted by Crippen LogP contribution is -2.17. The summed E-state index contributed by atoms with van der Waals surface area (Å²) in [5.41, 5.74) is 3.54. The molecule has 0 radical (unpaired) electrons. The molecule has 2 nitrogen and oxygen atoms in total. The molecule has 1 aliphatic rings. The lowest BCUT2D eigenvalue weighted by Gasteiger charge is -2.20. The maximum Gasteiger partial charge on any atom is 0.0914 e. The Hall–Kier alpha value is -0.570. The molecular formula is C13H18ClNO. The van der Waals surface area contributed by atoms with E-state index in [4.69, 9.17) is 11.6 Å². The second-order valence-electron chi connectivity index (χ2n) is 4.42. The van der Waals surface area contributed by atoms with E-state index in [0.717, 1.165) is 23.4 Å². The van der Waals surface area contributed by atoms with Gasteiger partial charge in [-0.2, -0.15) is 0 Å². The second kappa shape index (κ2) is 5.17. The van der Waals surface area contributed by atoms with Crippen LogP contribution in [0.5, 0.6) is 0 Å². The van der Waals surface area contributed by atoms with Crippen LogP contribution < -0.4 is 5.32 Å². The molecule has 0 aromatic heterocycles. The largest absolute Gasteiger partial charge is 0.387 e. The quantitative estimate of drug-likeness (QED) is 0.850. The molecule has 1 aliphatic carbocycles. The number of aliphatic hydroxyl groups is 1. The van der Waals surface area contributed by atoms with E-state index < -0.39 is 6.10 Å². The summed E-state index contributed by atoms with van der Waals surface area (Å²) in [5, 5.41) is 13.7. The molecule has 1 aromatic carbocycles. The van der Waals surface area contributed by atoms with Gasteiger partial charge >= 0.3 is 0 Å². The van der Waals surface area contributed by atoms with Crippen LogP contribution in [0.25, 0.3) is 0 Å². The van der Waals surface area contributed by atoms with E-state index in [9.17, 15) is 5.11 Å². The number of benzene rings is 1. The molecular weight excluding hydrogens is 222 g/mol. The maximum absolute atomic E-state index is 9.93. The molecule has 0 heterocycles. The van der Waals surface area contributed by atoms with Crippen LogP contribution in [0, 0.1) is 0 Å². The lowest BCUT2D eigenvalue weighted by molar-refractivity contribution is 0.177. The highest BCUT2D eigenvalue weighted by Gasteiger charge is 2.16. The topological polar surface area (TPSA) is 32.3 Å². The standard InChI is InChI=1S/C13H18ClNO/c1-15-8-13(16)10-6-9-4-2-3-5-11(9)12(14)7-10/h6-7,13,15-16H,2-5,8H2,1H3. The molecule has 88 valence electrons. The second-order valence-corrected chi connectivity index (χ2v) is 4.83. The highest BCUT2D eigenvalue weighted by molar-refractivity contribution is 6.31. The summed E-state index contributed by atoms with van der Waals surface area (Å²) in [4.78, 5) is 0. The van der Waals surface area contributed by atoms with Gasteiger partial charge in [0.2, 0.25) is 0 Å². The fourth-order valence-electron chi connectivity index (χ4n) is 2.34. The van der Waals surface area contributed by atoms with Crippen molar-refractivity contribution in [1.29, 1.82) is 0 Å². The van der Waals surface area contributed by atoms with Gasteiger partial charge in [-0.25, -0.2) is 0 Å². The fourth-order valence-corrected chi connectivity index (χ4v) is 2.68. The molecule has 0 amide bonds. The van der Waals surface area contributed by atoms with Crippen molar-refractivity contribution in [2.45, 2.75) is 31.8 Å². The molecule has 0 aliphatic heterocycles. The van der Waals surface area contributed by atoms with Crippen molar-refractivity contribution >= 4 is 11.6 Å². The van der Waals surface area contributed by atoms with Gasteiger partial charge in [-0.3, -0.25) is 0 Å². The Labute approximate surface area is 102 Å². The Morgan fingerprint density at radius 3 is 2.88 bits per heavy atom. The van der Waals surface area contributed by atoms with E-state index in [-0.39, 0.29) is 0 Å². The van der Waals surface area contributed by atoms with E-state index >= 15 is 0 Å². The SMILES string of the molecule is CNCC(O)c1cc(Cl)c2c(c1)CCCC2. The van der Waals surface area contributed by atoms with Crippen molar-refractivity contribution in [3.63, 3.8) is 0 Å². The minimum absolute atomic E-state index is 0.463. The van der Waals surface area contributed by atoms with Gasteiger partial charge in [0, 0.05) is 11.6 Å². The molecule has 2 rings (SSSR count). The summed E-state index contributed by atoms with van der Waals surface area (Å²) in [6, 6.07) is 4.02. The van der Waals surface area contributed by atoms with E-state index in [1.165, 1.54) is 24.0 Å². The minimum Gasteiger partial charge on any atom is -0.387 e. The van der Waals surface area contributed by atoms with Crippen LogP contribution in [0.3, 0.4) is 0 Å². The number of fused-ring (bicyclic) bond motifs is 1. The summed E-state index contributed by atoms with van der Waals surface area (Å²) in [6.45, 7) is 0.565. The molecule has 0 fully saturated rings. The van der Waals surface area contributed by atoms with Crippen molar-refractivity contribution in [3.8, 4) is 0 Å². The third kappa shape index (κ3) is 2.40. The molecule has 3 heteroatoms. The first kappa shape index (κ1) is 11.9. The first-order valence-corrected chi connectivity index (χ1v) is 6.24. The van der Waals surface area contributed by atoms with Crippen molar-refractivity contribution in [2.75, 3.05) is 13.6 Å². The van der Waals surface area contributed by atoms with Crippen molar-refractivity contribution < 1.29 is 5.11 Å². The Balaban J connectivity index is 2.31. The van der Waals surface area contributed by atoms with Crippen LogP contribution >= 0.6 is 11.6 Å². The van der Waals surface area contributed by atoms with Crippen LogP contribution in [0.2, 0.25) is 5.02 Å². The van der Waals surface area contributed by atoms with Gasteiger partial charge in [-0.05, 0) is 55.5 Å². The van der Waals surface area contributed by atoms with Crippen molar-refractivity contribution in [2.24, 2.45) is 0 Å². The van der Waals surface area contributed by atoms with Crippen LogP contribution in [-0.2, 0) is 12.8 Å². The zero-order chi connectivity index (χ0) is 11.5. The lowest BCUT2D eigenvalue weighted by atomic mass is 9.89. The third-order valence-electron chi connectivity index (χ3n) is 3.22. The molecule has 2 N–H and O–H groups in total. The van der Waals surface area contributed by atoms with E-state index in [2.05, 4.69) is 11.4 Å². The van der Waals surface area contributed by atoms with Crippen molar-refractivity contribution in [1.82, 2.24) is 5.32 Å². The Morgan fingerprint density at radius 2 is 2.12 bits per heavy atom. The van der Waals surface area contributed by atoms with Crippen molar-refractivity contribution in [3.05, 3.63) is 33.8 Å². The Kier molecular flexibility index (Phi) is 3.85. The number of hydrogen-bond donors (Lipinski definition) is 2. The van der Waals surface area contributed by atoms with Crippen LogP contribution in [0.4, 0.5) is 0 Å². The Morgan fingerprint density at radius 1 is 1.38 bits per heavy atom. The molecule has 1 aromatic rings. The average Bonchev–Trinajstić information content (AvgIpc) is 2.29. The number of hydrogen-bond acceptors (Lipinski definition) is 2. The molecule has 1 atom stereocenters. The number of likely N-dealkylation sites (N-methyl/N-ethyl adjacent to an activating group) is 1. The number of nitrogens with one attached hydrogen (secondary N) is 1. The highest BCUT2D eigenvalue weighted by atomic mass is 35.5. The normalized spacial score (nSPS) is 16.9. The summed E-state index contributed by atoms with van der Waals surface area (Å²) >= 11 is 6.26. The van der Waals surface area contributed by atoms with Gasteiger partial charge in [-0.1, -0.05) is 17.7 Å². The van der Waals surface area contributed by atoms with E-state index in [1.54, 1.807) is 0 Å². The molecule has 0 bridgehead atoms. The molecule has 16 heavy (non-hydrogen) atoms. The van der Waals surface area contributed by atoms with E-state index in [1.807, 2.05) is 13.1 Å². The molecule has 0 saturated carbocycles. The minimum atomic E-state index is -0.463. The third-order valence-corrected chi connectivity index (χ3v) is 3.55. The first-order chi connectivity index (χ1) is 7.72. The van der Waals surface area contributed by atoms with E-state index in [0.29, 0.717) is 6.54 Å². The fraction of sp³-hybridized carbons (Fsp3) is 0.538. The van der Waals surface area contributed by atoms with Gasteiger partial charge in [0.15, 0.2) is 0 Å². The van der Waals surface area contributed by atoms with Gasteiger partial charge in [0.05, 0.1) is 6.10 Å². The van der Waals surface area contributed by atoms with Gasteiger partial charge in [-0.15, -0.1) is 0 Å². The average molecular weight is 240 g/mol. The van der Waals surface area contributed by atoms with Gasteiger partial charge in [0.25, 0.3) is 0 Å².